The lowest BCUT2D eigenvalue weighted by Crippen LogP contribution is -2.33. The number of oxazole rings is 1. The minimum absolute atomic E-state index is 0.0297. The summed E-state index contributed by atoms with van der Waals surface area (Å²) in [7, 11) is 0. The van der Waals surface area contributed by atoms with Crippen LogP contribution < -0.4 is 10.1 Å². The first-order valence-corrected chi connectivity index (χ1v) is 8.30. The average molecular weight is 334 g/mol. The van der Waals surface area contributed by atoms with Gasteiger partial charge in [0.1, 0.15) is 12.0 Å². The van der Waals surface area contributed by atoms with Crippen molar-refractivity contribution in [1.82, 2.24) is 10.3 Å². The largest absolute Gasteiger partial charge is 0.493 e. The molecule has 0 aliphatic carbocycles. The Balaban J connectivity index is 1.43. The molecule has 5 nitrogen and oxygen atoms in total. The second-order valence-electron chi connectivity index (χ2n) is 5.98. The van der Waals surface area contributed by atoms with Crippen LogP contribution in [0.2, 0.25) is 0 Å². The molecule has 1 atom stereocenters. The molecular formula is C20H18N2O3. The number of nitrogens with one attached hydrogen (secondary N) is 1. The molecule has 0 radical (unpaired) electrons. The number of hydrogen-bond acceptors (Lipinski definition) is 4. The highest BCUT2D eigenvalue weighted by Gasteiger charge is 2.23. The van der Waals surface area contributed by atoms with Crippen LogP contribution in [0, 0.1) is 0 Å². The molecule has 0 fully saturated rings. The molecule has 0 spiro atoms. The molecule has 0 unspecified atom stereocenters. The Morgan fingerprint density at radius 1 is 1.12 bits per heavy atom. The highest BCUT2D eigenvalue weighted by molar-refractivity contribution is 5.78. The molecule has 1 N–H and O–H groups in total. The van der Waals surface area contributed by atoms with Gasteiger partial charge in [-0.3, -0.25) is 4.79 Å². The van der Waals surface area contributed by atoms with Gasteiger partial charge in [0.2, 0.25) is 11.8 Å². The third-order valence-corrected chi connectivity index (χ3v) is 4.21. The summed E-state index contributed by atoms with van der Waals surface area (Å²) in [5.41, 5.74) is 2.54. The highest BCUT2D eigenvalue weighted by Crippen LogP contribution is 2.31. The van der Waals surface area contributed by atoms with E-state index in [1.807, 2.05) is 54.6 Å². The molecule has 1 aliphatic heterocycles. The van der Waals surface area contributed by atoms with E-state index in [0.29, 0.717) is 18.2 Å². The molecule has 0 saturated heterocycles. The van der Waals surface area contributed by atoms with Crippen LogP contribution in [0.5, 0.6) is 5.75 Å². The molecular weight excluding hydrogens is 316 g/mol. The van der Waals surface area contributed by atoms with E-state index in [9.17, 15) is 4.79 Å². The summed E-state index contributed by atoms with van der Waals surface area (Å²) < 4.78 is 11.1. The molecule has 0 bridgehead atoms. The molecule has 2 heterocycles. The Hall–Kier alpha value is -3.08. The Kier molecular flexibility index (Phi) is 4.21. The molecule has 3 aromatic rings. The Morgan fingerprint density at radius 2 is 1.92 bits per heavy atom. The SMILES string of the molecule is O=C(Cc1coc(-c2ccccc2)n1)N[C@@H]1CCOc2ccccc21. The molecule has 1 aromatic heterocycles. The standard InChI is InChI=1S/C20H18N2O3/c23-19(22-17-10-11-24-18-9-5-4-8-16(17)18)12-15-13-25-20(21-15)14-6-2-1-3-7-14/h1-9,13,17H,10-12H2,(H,22,23)/t17-/m1/s1. The van der Waals surface area contributed by atoms with E-state index >= 15 is 0 Å². The van der Waals surface area contributed by atoms with E-state index in [2.05, 4.69) is 10.3 Å². The van der Waals surface area contributed by atoms with E-state index in [1.165, 1.54) is 0 Å². The average Bonchev–Trinajstić information content (AvgIpc) is 3.11. The first kappa shape index (κ1) is 15.4. The van der Waals surface area contributed by atoms with Crippen molar-refractivity contribution in [2.24, 2.45) is 0 Å². The zero-order valence-electron chi connectivity index (χ0n) is 13.6. The number of amides is 1. The number of para-hydroxylation sites is 1. The van der Waals surface area contributed by atoms with Gasteiger partial charge in [-0.15, -0.1) is 0 Å². The maximum atomic E-state index is 12.4. The van der Waals surface area contributed by atoms with Crippen molar-refractivity contribution < 1.29 is 13.9 Å². The van der Waals surface area contributed by atoms with Gasteiger partial charge in [-0.25, -0.2) is 4.98 Å². The Labute approximate surface area is 145 Å². The second kappa shape index (κ2) is 6.81. The van der Waals surface area contributed by atoms with E-state index in [-0.39, 0.29) is 18.4 Å². The molecule has 2 aromatic carbocycles. The van der Waals surface area contributed by atoms with Gasteiger partial charge in [0.05, 0.1) is 24.8 Å². The summed E-state index contributed by atoms with van der Waals surface area (Å²) in [5, 5.41) is 3.07. The number of benzene rings is 2. The van der Waals surface area contributed by atoms with Crippen LogP contribution in [0.4, 0.5) is 0 Å². The van der Waals surface area contributed by atoms with Gasteiger partial charge in [0.15, 0.2) is 0 Å². The van der Waals surface area contributed by atoms with Crippen LogP contribution in [-0.4, -0.2) is 17.5 Å². The summed E-state index contributed by atoms with van der Waals surface area (Å²) in [5.74, 6) is 1.29. The van der Waals surface area contributed by atoms with Crippen LogP contribution >= 0.6 is 0 Å². The van der Waals surface area contributed by atoms with E-state index < -0.39 is 0 Å². The second-order valence-corrected chi connectivity index (χ2v) is 5.98. The molecule has 1 amide bonds. The third-order valence-electron chi connectivity index (χ3n) is 4.21. The number of carbonyl (C=O) groups is 1. The number of hydrogen-bond donors (Lipinski definition) is 1. The van der Waals surface area contributed by atoms with Crippen molar-refractivity contribution in [2.75, 3.05) is 6.61 Å². The Morgan fingerprint density at radius 3 is 2.80 bits per heavy atom. The van der Waals surface area contributed by atoms with Crippen molar-refractivity contribution in [1.29, 1.82) is 0 Å². The number of nitrogens with zero attached hydrogens (tertiary/aromatic N) is 1. The maximum Gasteiger partial charge on any atom is 0.226 e. The molecule has 25 heavy (non-hydrogen) atoms. The summed E-state index contributed by atoms with van der Waals surface area (Å²) in [6, 6.07) is 17.4. The number of fused-ring (bicyclic) bond motifs is 1. The fourth-order valence-electron chi connectivity index (χ4n) is 3.00. The quantitative estimate of drug-likeness (QED) is 0.793. The van der Waals surface area contributed by atoms with Gasteiger partial charge in [-0.05, 0) is 18.2 Å². The fourth-order valence-corrected chi connectivity index (χ4v) is 3.00. The summed E-state index contributed by atoms with van der Waals surface area (Å²) in [6.45, 7) is 0.601. The smallest absolute Gasteiger partial charge is 0.226 e. The van der Waals surface area contributed by atoms with Crippen LogP contribution in [0.25, 0.3) is 11.5 Å². The van der Waals surface area contributed by atoms with Crippen LogP contribution in [-0.2, 0) is 11.2 Å². The van der Waals surface area contributed by atoms with Crippen molar-refractivity contribution in [3.63, 3.8) is 0 Å². The number of rotatable bonds is 4. The van der Waals surface area contributed by atoms with Crippen molar-refractivity contribution in [3.8, 4) is 17.2 Å². The van der Waals surface area contributed by atoms with Crippen LogP contribution in [0.15, 0.2) is 65.3 Å². The number of ether oxygens (including phenoxy) is 1. The van der Waals surface area contributed by atoms with Crippen molar-refractivity contribution >= 4 is 5.91 Å². The van der Waals surface area contributed by atoms with Gasteiger partial charge in [0.25, 0.3) is 0 Å². The van der Waals surface area contributed by atoms with E-state index in [4.69, 9.17) is 9.15 Å². The lowest BCUT2D eigenvalue weighted by Gasteiger charge is -2.26. The Bertz CT molecular complexity index is 873. The highest BCUT2D eigenvalue weighted by atomic mass is 16.5. The van der Waals surface area contributed by atoms with Crippen molar-refractivity contribution in [2.45, 2.75) is 18.9 Å². The van der Waals surface area contributed by atoms with Gasteiger partial charge in [0, 0.05) is 17.5 Å². The fraction of sp³-hybridized carbons (Fsp3) is 0.200. The normalized spacial score (nSPS) is 15.9. The monoisotopic (exact) mass is 334 g/mol. The topological polar surface area (TPSA) is 64.4 Å². The predicted octanol–water partition coefficient (Wildman–Crippen LogP) is 3.52. The van der Waals surface area contributed by atoms with Gasteiger partial charge >= 0.3 is 0 Å². The van der Waals surface area contributed by atoms with Gasteiger partial charge < -0.3 is 14.5 Å². The zero-order chi connectivity index (χ0) is 17.1. The molecule has 126 valence electrons. The maximum absolute atomic E-state index is 12.4. The van der Waals surface area contributed by atoms with Gasteiger partial charge in [-0.2, -0.15) is 0 Å². The minimum atomic E-state index is -0.0744. The van der Waals surface area contributed by atoms with Crippen molar-refractivity contribution in [3.05, 3.63) is 72.1 Å². The molecule has 5 heteroatoms. The van der Waals surface area contributed by atoms with Crippen LogP contribution in [0.3, 0.4) is 0 Å². The number of aromatic nitrogens is 1. The molecule has 4 rings (SSSR count). The zero-order valence-corrected chi connectivity index (χ0v) is 13.6. The first-order valence-electron chi connectivity index (χ1n) is 8.30. The van der Waals surface area contributed by atoms with E-state index in [1.54, 1.807) is 6.26 Å². The summed E-state index contributed by atoms with van der Waals surface area (Å²) in [6.07, 6.45) is 2.49. The molecule has 1 aliphatic rings. The van der Waals surface area contributed by atoms with Gasteiger partial charge in [-0.1, -0.05) is 36.4 Å². The van der Waals surface area contributed by atoms with Crippen LogP contribution in [0.1, 0.15) is 23.7 Å². The number of carbonyl (C=O) groups excluding carboxylic acids is 1. The molecule has 0 saturated carbocycles. The minimum Gasteiger partial charge on any atom is -0.493 e. The third kappa shape index (κ3) is 3.40. The predicted molar refractivity (Wildman–Crippen MR) is 93.1 cm³/mol. The lowest BCUT2D eigenvalue weighted by molar-refractivity contribution is -0.121. The summed E-state index contributed by atoms with van der Waals surface area (Å²) in [4.78, 5) is 16.8. The lowest BCUT2D eigenvalue weighted by atomic mass is 10.0. The first-order chi connectivity index (χ1) is 12.3. The summed E-state index contributed by atoms with van der Waals surface area (Å²) >= 11 is 0. The van der Waals surface area contributed by atoms with E-state index in [0.717, 1.165) is 23.3 Å².